The number of pyridine rings is 2. The van der Waals surface area contributed by atoms with E-state index in [2.05, 4.69) is 26.6 Å². The Labute approximate surface area is 184 Å². The molecule has 32 heavy (non-hydrogen) atoms. The molecular formula is C23H22FN7O. The zero-order chi connectivity index (χ0) is 22.1. The molecule has 0 radical (unpaired) electrons. The summed E-state index contributed by atoms with van der Waals surface area (Å²) in [6.07, 6.45) is 10.1. The number of nitrogens with one attached hydrogen (secondary N) is 1. The van der Waals surface area contributed by atoms with Crippen molar-refractivity contribution in [1.29, 1.82) is 5.26 Å². The van der Waals surface area contributed by atoms with Gasteiger partial charge in [0.2, 0.25) is 0 Å². The van der Waals surface area contributed by atoms with E-state index in [0.717, 1.165) is 37.1 Å². The first-order chi connectivity index (χ1) is 15.6. The van der Waals surface area contributed by atoms with E-state index in [4.69, 9.17) is 4.74 Å². The quantitative estimate of drug-likeness (QED) is 0.518. The van der Waals surface area contributed by atoms with Gasteiger partial charge >= 0.3 is 0 Å². The minimum absolute atomic E-state index is 0.202. The van der Waals surface area contributed by atoms with Gasteiger partial charge in [-0.25, -0.2) is 8.91 Å². The Morgan fingerprint density at radius 3 is 2.84 bits per heavy atom. The van der Waals surface area contributed by atoms with Gasteiger partial charge < -0.3 is 10.1 Å². The Balaban J connectivity index is 1.54. The van der Waals surface area contributed by atoms with E-state index in [0.29, 0.717) is 22.9 Å². The molecule has 9 heteroatoms. The van der Waals surface area contributed by atoms with Crippen molar-refractivity contribution >= 4 is 5.52 Å². The molecule has 5 rings (SSSR count). The average molecular weight is 431 g/mol. The summed E-state index contributed by atoms with van der Waals surface area (Å²) in [7, 11) is 0. The van der Waals surface area contributed by atoms with Gasteiger partial charge in [-0.1, -0.05) is 0 Å². The molecule has 0 spiro atoms. The Morgan fingerprint density at radius 2 is 2.06 bits per heavy atom. The highest BCUT2D eigenvalue weighted by Crippen LogP contribution is 2.33. The summed E-state index contributed by atoms with van der Waals surface area (Å²) in [4.78, 5) is 4.11. The standard InChI is InChI=1S/C23H22FN7O/c1-15(22-20(24)3-2-6-27-22)32-21-9-16(13-31-23(21)17(10-25)11-29-31)18-12-28-30(14-18)19-4-7-26-8-5-19/h2-3,6,9,11-15,19,26H,4-5,7-8H2,1H3/t15-/m1/s1. The molecule has 1 fully saturated rings. The van der Waals surface area contributed by atoms with Crippen molar-refractivity contribution in [2.45, 2.75) is 31.9 Å². The number of ether oxygens (including phenoxy) is 1. The second kappa shape index (κ2) is 8.40. The van der Waals surface area contributed by atoms with Crippen LogP contribution in [0.4, 0.5) is 4.39 Å². The molecule has 1 aliphatic rings. The lowest BCUT2D eigenvalue weighted by molar-refractivity contribution is 0.218. The van der Waals surface area contributed by atoms with E-state index in [-0.39, 0.29) is 5.69 Å². The summed E-state index contributed by atoms with van der Waals surface area (Å²) in [6.45, 7) is 3.69. The van der Waals surface area contributed by atoms with Gasteiger partial charge in [-0.3, -0.25) is 9.67 Å². The van der Waals surface area contributed by atoms with E-state index in [9.17, 15) is 9.65 Å². The summed E-state index contributed by atoms with van der Waals surface area (Å²) < 4.78 is 24.0. The van der Waals surface area contributed by atoms with Crippen molar-refractivity contribution in [3.63, 3.8) is 0 Å². The van der Waals surface area contributed by atoms with Crippen LogP contribution in [-0.4, -0.2) is 37.5 Å². The molecular weight excluding hydrogens is 409 g/mol. The second-order valence-electron chi connectivity index (χ2n) is 7.88. The maximum absolute atomic E-state index is 14.2. The fourth-order valence-electron chi connectivity index (χ4n) is 4.12. The van der Waals surface area contributed by atoms with Gasteiger partial charge in [0.15, 0.2) is 0 Å². The zero-order valence-corrected chi connectivity index (χ0v) is 17.6. The Kier molecular flexibility index (Phi) is 5.29. The molecule has 1 aliphatic heterocycles. The highest BCUT2D eigenvalue weighted by atomic mass is 19.1. The maximum atomic E-state index is 14.2. The number of rotatable bonds is 5. The molecule has 1 N–H and O–H groups in total. The molecule has 8 nitrogen and oxygen atoms in total. The van der Waals surface area contributed by atoms with Gasteiger partial charge in [0, 0.05) is 29.7 Å². The first kappa shape index (κ1) is 20.2. The van der Waals surface area contributed by atoms with Gasteiger partial charge in [0.25, 0.3) is 0 Å². The van der Waals surface area contributed by atoms with E-state index in [1.807, 2.05) is 29.3 Å². The molecule has 162 valence electrons. The normalized spacial score (nSPS) is 15.5. The van der Waals surface area contributed by atoms with Crippen LogP contribution in [0.2, 0.25) is 0 Å². The van der Waals surface area contributed by atoms with Crippen LogP contribution in [0.3, 0.4) is 0 Å². The van der Waals surface area contributed by atoms with Crippen molar-refractivity contribution in [3.05, 3.63) is 66.3 Å². The third-order valence-electron chi connectivity index (χ3n) is 5.79. The van der Waals surface area contributed by atoms with Gasteiger partial charge in [-0.05, 0) is 51.1 Å². The van der Waals surface area contributed by atoms with Crippen LogP contribution >= 0.6 is 0 Å². The third-order valence-corrected chi connectivity index (χ3v) is 5.79. The van der Waals surface area contributed by atoms with Crippen molar-refractivity contribution in [2.24, 2.45) is 0 Å². The number of piperidine rings is 1. The van der Waals surface area contributed by atoms with Crippen molar-refractivity contribution in [2.75, 3.05) is 13.1 Å². The van der Waals surface area contributed by atoms with Crippen LogP contribution in [0.1, 0.15) is 43.2 Å². The summed E-state index contributed by atoms with van der Waals surface area (Å²) in [5.74, 6) is -0.00634. The monoisotopic (exact) mass is 431 g/mol. The topological polar surface area (TPSA) is 93.1 Å². The summed E-state index contributed by atoms with van der Waals surface area (Å²) in [5.41, 5.74) is 2.87. The summed E-state index contributed by atoms with van der Waals surface area (Å²) >= 11 is 0. The molecule has 0 aliphatic carbocycles. The number of fused-ring (bicyclic) bond motifs is 1. The smallest absolute Gasteiger partial charge is 0.148 e. The van der Waals surface area contributed by atoms with Crippen LogP contribution < -0.4 is 10.1 Å². The van der Waals surface area contributed by atoms with Gasteiger partial charge in [0.05, 0.1) is 18.4 Å². The molecule has 0 bridgehead atoms. The van der Waals surface area contributed by atoms with E-state index >= 15 is 0 Å². The molecule has 4 aromatic heterocycles. The van der Waals surface area contributed by atoms with Crippen LogP contribution in [0.15, 0.2) is 49.2 Å². The maximum Gasteiger partial charge on any atom is 0.148 e. The highest BCUT2D eigenvalue weighted by molar-refractivity contribution is 5.75. The fraction of sp³-hybridized carbons (Fsp3) is 0.304. The number of hydrogen-bond acceptors (Lipinski definition) is 6. The molecule has 0 amide bonds. The largest absolute Gasteiger partial charge is 0.482 e. The number of halogens is 1. The minimum Gasteiger partial charge on any atom is -0.482 e. The van der Waals surface area contributed by atoms with Crippen LogP contribution in [0, 0.1) is 17.1 Å². The lowest BCUT2D eigenvalue weighted by Gasteiger charge is -2.22. The number of nitrogens with zero attached hydrogens (tertiary/aromatic N) is 6. The first-order valence-corrected chi connectivity index (χ1v) is 10.6. The Morgan fingerprint density at radius 1 is 1.22 bits per heavy atom. The molecule has 0 aromatic carbocycles. The molecule has 5 heterocycles. The summed E-state index contributed by atoms with van der Waals surface area (Å²) in [6, 6.07) is 7.25. The lowest BCUT2D eigenvalue weighted by atomic mass is 10.1. The Bertz CT molecular complexity index is 1300. The first-order valence-electron chi connectivity index (χ1n) is 10.6. The van der Waals surface area contributed by atoms with Crippen molar-refractivity contribution in [1.82, 2.24) is 29.7 Å². The number of hydrogen-bond donors (Lipinski definition) is 1. The lowest BCUT2D eigenvalue weighted by Crippen LogP contribution is -2.29. The Hall–Kier alpha value is -3.77. The molecule has 1 atom stereocenters. The number of aromatic nitrogens is 5. The molecule has 0 unspecified atom stereocenters. The van der Waals surface area contributed by atoms with Crippen LogP contribution in [-0.2, 0) is 0 Å². The minimum atomic E-state index is -0.658. The number of nitriles is 1. The van der Waals surface area contributed by atoms with Gasteiger partial charge in [-0.15, -0.1) is 0 Å². The van der Waals surface area contributed by atoms with E-state index in [1.165, 1.54) is 24.5 Å². The zero-order valence-electron chi connectivity index (χ0n) is 17.6. The van der Waals surface area contributed by atoms with Crippen molar-refractivity contribution in [3.8, 4) is 22.9 Å². The summed E-state index contributed by atoms with van der Waals surface area (Å²) in [5, 5.41) is 21.8. The average Bonchev–Trinajstić information content (AvgIpc) is 3.47. The van der Waals surface area contributed by atoms with Crippen LogP contribution in [0.5, 0.6) is 5.75 Å². The van der Waals surface area contributed by atoms with E-state index < -0.39 is 11.9 Å². The van der Waals surface area contributed by atoms with E-state index in [1.54, 1.807) is 11.4 Å². The second-order valence-corrected chi connectivity index (χ2v) is 7.88. The molecule has 0 saturated carbocycles. The predicted octanol–water partition coefficient (Wildman–Crippen LogP) is 3.67. The SMILES string of the molecule is C[C@@H](Oc1cc(-c2cnn(C3CCNCC3)c2)cn2ncc(C#N)c12)c1ncccc1F. The van der Waals surface area contributed by atoms with Gasteiger partial charge in [-0.2, -0.15) is 15.5 Å². The van der Waals surface area contributed by atoms with Crippen LogP contribution in [0.25, 0.3) is 16.6 Å². The molecule has 4 aromatic rings. The predicted molar refractivity (Wildman–Crippen MR) is 116 cm³/mol. The highest BCUT2D eigenvalue weighted by Gasteiger charge is 2.20. The van der Waals surface area contributed by atoms with Gasteiger partial charge in [0.1, 0.15) is 40.5 Å². The van der Waals surface area contributed by atoms with Crippen molar-refractivity contribution < 1.29 is 9.13 Å². The third kappa shape index (κ3) is 3.69. The fourth-order valence-corrected chi connectivity index (χ4v) is 4.12. The molecule has 1 saturated heterocycles.